The zero-order valence-corrected chi connectivity index (χ0v) is 26.7. The molecule has 3 aliphatic carbocycles. The maximum Gasteiger partial charge on any atom is 0.252 e. The third-order valence-corrected chi connectivity index (χ3v) is 21.9. The number of hydrogen-bond donors (Lipinski definition) is 0. The van der Waals surface area contributed by atoms with Crippen LogP contribution in [0.2, 0.25) is 18.1 Å². The summed E-state index contributed by atoms with van der Waals surface area (Å²) in [7, 11) is -7.91. The summed E-state index contributed by atoms with van der Waals surface area (Å²) in [6, 6.07) is 10.3. The number of hydrogen-bond acceptors (Lipinski definition) is 3. The van der Waals surface area contributed by atoms with Crippen molar-refractivity contribution in [1.29, 1.82) is 0 Å². The Morgan fingerprint density at radius 3 is 2.22 bits per heavy atom. The molecular formula is C29H50NO3PSSi. The molecule has 3 saturated carbocycles. The molecule has 36 heavy (non-hydrogen) atoms. The first-order chi connectivity index (χ1) is 16.5. The Kier molecular flexibility index (Phi) is 7.66. The van der Waals surface area contributed by atoms with E-state index in [2.05, 4.69) is 66.5 Å². The van der Waals surface area contributed by atoms with Gasteiger partial charge in [0.2, 0.25) is 0 Å². The van der Waals surface area contributed by atoms with Crippen molar-refractivity contribution in [2.75, 3.05) is 12.4 Å². The summed E-state index contributed by atoms with van der Waals surface area (Å²) in [6.45, 7) is 18.2. The molecule has 2 bridgehead atoms. The molecule has 0 heterocycles. The fraction of sp³-hybridized carbons (Fsp3) is 0.793. The van der Waals surface area contributed by atoms with Crippen molar-refractivity contribution in [2.24, 2.45) is 20.9 Å². The summed E-state index contributed by atoms with van der Waals surface area (Å²) in [5.41, 5.74) is -0.0494. The Bertz CT molecular complexity index is 1100. The number of benzene rings is 1. The van der Waals surface area contributed by atoms with Crippen LogP contribution in [0.5, 0.6) is 0 Å². The fourth-order valence-corrected chi connectivity index (χ4v) is 15.8. The van der Waals surface area contributed by atoms with Gasteiger partial charge >= 0.3 is 0 Å². The Morgan fingerprint density at radius 2 is 1.67 bits per heavy atom. The third-order valence-electron chi connectivity index (χ3n) is 10.9. The minimum atomic E-state index is -3.65. The molecule has 204 valence electrons. The summed E-state index contributed by atoms with van der Waals surface area (Å²) in [5, 5.41) is 1.24. The highest BCUT2D eigenvalue weighted by molar-refractivity contribution is 7.95. The van der Waals surface area contributed by atoms with Crippen molar-refractivity contribution in [3.63, 3.8) is 0 Å². The van der Waals surface area contributed by atoms with Gasteiger partial charge in [-0.25, -0.2) is 8.42 Å². The Balaban J connectivity index is 1.75. The highest BCUT2D eigenvalue weighted by Gasteiger charge is 2.66. The maximum atomic E-state index is 14.2. The predicted octanol–water partition coefficient (Wildman–Crippen LogP) is 8.02. The summed E-state index contributed by atoms with van der Waals surface area (Å²) in [5.74, 6) is 0.661. The van der Waals surface area contributed by atoms with Gasteiger partial charge in [0.25, 0.3) is 10.0 Å². The quantitative estimate of drug-likeness (QED) is 0.255. The van der Waals surface area contributed by atoms with Crippen LogP contribution in [-0.4, -0.2) is 40.9 Å². The van der Waals surface area contributed by atoms with E-state index in [1.165, 1.54) is 19.3 Å². The molecule has 7 heteroatoms. The second kappa shape index (κ2) is 9.64. The highest BCUT2D eigenvalue weighted by atomic mass is 32.2. The lowest BCUT2D eigenvalue weighted by Crippen LogP contribution is -2.52. The van der Waals surface area contributed by atoms with Gasteiger partial charge in [-0.1, -0.05) is 84.2 Å². The van der Waals surface area contributed by atoms with E-state index in [0.717, 1.165) is 37.4 Å². The van der Waals surface area contributed by atoms with Crippen molar-refractivity contribution in [2.45, 2.75) is 116 Å². The number of fused-ring (bicyclic) bond motifs is 2. The normalized spacial score (nSPS) is 30.8. The molecule has 3 fully saturated rings. The molecule has 4 rings (SSSR count). The molecule has 0 aliphatic heterocycles. The minimum absolute atomic E-state index is 0.00751. The van der Waals surface area contributed by atoms with Gasteiger partial charge < -0.3 is 4.43 Å². The monoisotopic (exact) mass is 551 g/mol. The first-order valence-corrected chi connectivity index (χ1v) is 20.9. The molecule has 0 radical (unpaired) electrons. The average Bonchev–Trinajstić information content (AvgIpc) is 3.13. The van der Waals surface area contributed by atoms with Gasteiger partial charge in [-0.15, -0.1) is 0 Å². The number of rotatable bonds is 7. The Hall–Kier alpha value is -0.423. The van der Waals surface area contributed by atoms with Gasteiger partial charge in [0.05, 0.1) is 11.9 Å². The van der Waals surface area contributed by atoms with Crippen LogP contribution in [0.3, 0.4) is 0 Å². The van der Waals surface area contributed by atoms with Gasteiger partial charge in [-0.2, -0.15) is 4.15 Å². The Morgan fingerprint density at radius 1 is 1.06 bits per heavy atom. The van der Waals surface area contributed by atoms with Crippen LogP contribution in [0.4, 0.5) is 0 Å². The second-order valence-corrected chi connectivity index (χ2v) is 24.3. The molecule has 0 saturated heterocycles. The van der Waals surface area contributed by atoms with Crippen molar-refractivity contribution >= 4 is 30.7 Å². The largest absolute Gasteiger partial charge is 0.413 e. The standard InChI is InChI=1S/C29H50NO3PSSi/c1-27(2,3)36(7,8)33-26-21-23-19-20-29(26,28(23,4)5)22-35(31,32)30-34(6,24-15-11-9-12-16-24)25-17-13-10-14-18-25/h9,11-12,15-16,23,25-26H,10,13-14,17-22H2,1-8H3/t23-,26?,29-,34?/m1/s1. The van der Waals surface area contributed by atoms with Gasteiger partial charge in [-0.3, -0.25) is 0 Å². The van der Waals surface area contributed by atoms with E-state index < -0.39 is 25.4 Å². The highest BCUT2D eigenvalue weighted by Crippen LogP contribution is 2.68. The van der Waals surface area contributed by atoms with Gasteiger partial charge in [0.15, 0.2) is 8.32 Å². The molecule has 4 atom stereocenters. The van der Waals surface area contributed by atoms with E-state index in [0.29, 0.717) is 11.6 Å². The molecule has 0 spiro atoms. The molecule has 0 N–H and O–H groups in total. The summed E-state index contributed by atoms with van der Waals surface area (Å²) < 4.78 is 40.5. The molecule has 1 aromatic carbocycles. The van der Waals surface area contributed by atoms with Crippen molar-refractivity contribution in [3.8, 4) is 0 Å². The SMILES string of the molecule is CC1(C)[C@@H]2CC[C@@]1(CS(=O)(=O)N=P(C)(c1ccccc1)C1CCCCC1)C(O[Si](C)(C)C(C)(C)C)C2. The van der Waals surface area contributed by atoms with E-state index in [1.807, 2.05) is 18.2 Å². The van der Waals surface area contributed by atoms with Gasteiger partial charge in [0, 0.05) is 12.5 Å². The molecule has 2 unspecified atom stereocenters. The van der Waals surface area contributed by atoms with E-state index in [1.54, 1.807) is 0 Å². The lowest BCUT2D eigenvalue weighted by molar-refractivity contribution is 0.0237. The van der Waals surface area contributed by atoms with E-state index in [9.17, 15) is 8.42 Å². The first kappa shape index (κ1) is 28.6. The topological polar surface area (TPSA) is 55.7 Å². The first-order valence-electron chi connectivity index (χ1n) is 14.1. The lowest BCUT2D eigenvalue weighted by atomic mass is 9.70. The number of sulfonamides is 1. The van der Waals surface area contributed by atoms with Gasteiger partial charge in [0.1, 0.15) is 0 Å². The van der Waals surface area contributed by atoms with Crippen LogP contribution in [0.15, 0.2) is 34.5 Å². The van der Waals surface area contributed by atoms with Crippen LogP contribution >= 0.6 is 7.05 Å². The van der Waals surface area contributed by atoms with E-state index in [4.69, 9.17) is 8.58 Å². The molecule has 0 aromatic heterocycles. The predicted molar refractivity (Wildman–Crippen MR) is 158 cm³/mol. The minimum Gasteiger partial charge on any atom is -0.413 e. The molecule has 4 nitrogen and oxygen atoms in total. The Labute approximate surface area is 222 Å². The average molecular weight is 552 g/mol. The van der Waals surface area contributed by atoms with Crippen LogP contribution in [0, 0.1) is 16.7 Å². The third kappa shape index (κ3) is 4.98. The van der Waals surface area contributed by atoms with Crippen molar-refractivity contribution in [3.05, 3.63) is 30.3 Å². The molecule has 3 aliphatic rings. The van der Waals surface area contributed by atoms with Crippen LogP contribution in [-0.2, 0) is 14.4 Å². The van der Waals surface area contributed by atoms with Crippen molar-refractivity contribution < 1.29 is 12.8 Å². The summed E-state index contributed by atoms with van der Waals surface area (Å²) in [4.78, 5) is 0. The smallest absolute Gasteiger partial charge is 0.252 e. The van der Waals surface area contributed by atoms with Crippen molar-refractivity contribution in [1.82, 2.24) is 0 Å². The van der Waals surface area contributed by atoms with Crippen LogP contribution in [0.25, 0.3) is 0 Å². The van der Waals surface area contributed by atoms with Crippen LogP contribution in [0.1, 0.15) is 86.0 Å². The van der Waals surface area contributed by atoms with E-state index >= 15 is 0 Å². The van der Waals surface area contributed by atoms with Gasteiger partial charge in [-0.05, 0) is 79.2 Å². The van der Waals surface area contributed by atoms with E-state index in [-0.39, 0.29) is 27.7 Å². The van der Waals surface area contributed by atoms with Crippen LogP contribution < -0.4 is 5.30 Å². The lowest BCUT2D eigenvalue weighted by Gasteiger charge is -2.47. The maximum absolute atomic E-state index is 14.2. The molecule has 0 amide bonds. The fourth-order valence-electron chi connectivity index (χ4n) is 7.29. The number of nitrogens with zero attached hydrogens (tertiary/aromatic N) is 1. The zero-order valence-electron chi connectivity index (χ0n) is 24.0. The summed E-state index contributed by atoms with van der Waals surface area (Å²) in [6.07, 6.45) is 8.84. The summed E-state index contributed by atoms with van der Waals surface area (Å²) >= 11 is 0. The second-order valence-electron chi connectivity index (χ2n) is 14.2. The molecular weight excluding hydrogens is 501 g/mol. The molecule has 1 aromatic rings. The zero-order chi connectivity index (χ0) is 26.6.